The van der Waals surface area contributed by atoms with Crippen molar-refractivity contribution in [3.05, 3.63) is 35.4 Å². The number of carbonyl (C=O) groups excluding carboxylic acids is 2. The van der Waals surface area contributed by atoms with Gasteiger partial charge in [0.25, 0.3) is 0 Å². The van der Waals surface area contributed by atoms with Gasteiger partial charge in [-0.1, -0.05) is 31.2 Å². The summed E-state index contributed by atoms with van der Waals surface area (Å²) in [6, 6.07) is 8.15. The van der Waals surface area contributed by atoms with Gasteiger partial charge in [-0.25, -0.2) is 4.79 Å². The first kappa shape index (κ1) is 20.2. The van der Waals surface area contributed by atoms with Crippen LogP contribution in [0.5, 0.6) is 0 Å². The van der Waals surface area contributed by atoms with Crippen LogP contribution >= 0.6 is 0 Å². The van der Waals surface area contributed by atoms with Crippen molar-refractivity contribution in [2.24, 2.45) is 0 Å². The van der Waals surface area contributed by atoms with Gasteiger partial charge in [0.05, 0.1) is 12.1 Å². The summed E-state index contributed by atoms with van der Waals surface area (Å²) in [5, 5.41) is 5.94. The van der Waals surface area contributed by atoms with E-state index < -0.39 is 0 Å². The number of piperazine rings is 1. The van der Waals surface area contributed by atoms with Crippen molar-refractivity contribution in [2.45, 2.75) is 46.2 Å². The molecule has 144 valence electrons. The lowest BCUT2D eigenvalue weighted by Crippen LogP contribution is -2.56. The largest absolute Gasteiger partial charge is 0.348 e. The van der Waals surface area contributed by atoms with E-state index in [4.69, 9.17) is 0 Å². The van der Waals surface area contributed by atoms with Gasteiger partial charge in [-0.05, 0) is 38.3 Å². The second-order valence-electron chi connectivity index (χ2n) is 6.86. The zero-order chi connectivity index (χ0) is 19.1. The number of nitrogens with one attached hydrogen (secondary N) is 2. The van der Waals surface area contributed by atoms with Crippen molar-refractivity contribution < 1.29 is 9.59 Å². The van der Waals surface area contributed by atoms with Crippen molar-refractivity contribution in [1.82, 2.24) is 20.4 Å². The van der Waals surface area contributed by atoms with Crippen LogP contribution in [0.2, 0.25) is 0 Å². The van der Waals surface area contributed by atoms with E-state index in [0.717, 1.165) is 12.0 Å². The molecule has 1 aromatic rings. The standard InChI is InChI=1S/C20H32N4O2/c1-5-17-7-9-18(10-8-17)15(3)22-19(25)16(4)23-11-13-24(14-12-23)20(26)21-6-2/h7-10,15-16H,5-6,11-14H2,1-4H3,(H,21,26)(H,22,25). The van der Waals surface area contributed by atoms with E-state index in [1.807, 2.05) is 25.7 Å². The van der Waals surface area contributed by atoms with Crippen LogP contribution in [0.15, 0.2) is 24.3 Å². The van der Waals surface area contributed by atoms with Gasteiger partial charge in [0, 0.05) is 32.7 Å². The van der Waals surface area contributed by atoms with E-state index in [0.29, 0.717) is 32.7 Å². The Morgan fingerprint density at radius 3 is 2.19 bits per heavy atom. The highest BCUT2D eigenvalue weighted by atomic mass is 16.2. The van der Waals surface area contributed by atoms with Crippen molar-refractivity contribution in [2.75, 3.05) is 32.7 Å². The van der Waals surface area contributed by atoms with E-state index in [9.17, 15) is 9.59 Å². The minimum Gasteiger partial charge on any atom is -0.348 e. The molecule has 0 aliphatic carbocycles. The summed E-state index contributed by atoms with van der Waals surface area (Å²) in [4.78, 5) is 28.4. The maximum atomic E-state index is 12.6. The smallest absolute Gasteiger partial charge is 0.317 e. The van der Waals surface area contributed by atoms with Gasteiger partial charge < -0.3 is 15.5 Å². The van der Waals surface area contributed by atoms with Crippen LogP contribution in [0.1, 0.15) is 44.9 Å². The second-order valence-corrected chi connectivity index (χ2v) is 6.86. The van der Waals surface area contributed by atoms with Gasteiger partial charge in [0.15, 0.2) is 0 Å². The Hall–Kier alpha value is -2.08. The lowest BCUT2D eigenvalue weighted by atomic mass is 10.0. The third kappa shape index (κ3) is 5.21. The molecule has 0 bridgehead atoms. The van der Waals surface area contributed by atoms with Crippen LogP contribution in [-0.2, 0) is 11.2 Å². The molecule has 1 saturated heterocycles. The molecule has 6 nitrogen and oxygen atoms in total. The highest BCUT2D eigenvalue weighted by Gasteiger charge is 2.27. The Kier molecular flexibility index (Phi) is 7.45. The fourth-order valence-electron chi connectivity index (χ4n) is 3.20. The van der Waals surface area contributed by atoms with Gasteiger partial charge in [-0.3, -0.25) is 9.69 Å². The van der Waals surface area contributed by atoms with Crippen LogP contribution in [0.4, 0.5) is 4.79 Å². The van der Waals surface area contributed by atoms with E-state index >= 15 is 0 Å². The minimum atomic E-state index is -0.205. The van der Waals surface area contributed by atoms with Gasteiger partial charge in [0.2, 0.25) is 5.91 Å². The maximum absolute atomic E-state index is 12.6. The van der Waals surface area contributed by atoms with E-state index in [2.05, 4.69) is 46.7 Å². The van der Waals surface area contributed by atoms with Crippen LogP contribution in [0.25, 0.3) is 0 Å². The maximum Gasteiger partial charge on any atom is 0.317 e. The molecule has 0 aromatic heterocycles. The molecule has 1 aliphatic heterocycles. The normalized spacial score (nSPS) is 17.5. The van der Waals surface area contributed by atoms with Gasteiger partial charge in [0.1, 0.15) is 0 Å². The van der Waals surface area contributed by atoms with Gasteiger partial charge in [-0.15, -0.1) is 0 Å². The topological polar surface area (TPSA) is 64.7 Å². The third-order valence-electron chi connectivity index (χ3n) is 5.10. The lowest BCUT2D eigenvalue weighted by Gasteiger charge is -2.37. The second kappa shape index (κ2) is 9.57. The first-order valence-corrected chi connectivity index (χ1v) is 9.62. The van der Waals surface area contributed by atoms with Crippen molar-refractivity contribution in [3.8, 4) is 0 Å². The number of hydrogen-bond acceptors (Lipinski definition) is 3. The molecule has 0 saturated carbocycles. The summed E-state index contributed by atoms with van der Waals surface area (Å²) in [5.74, 6) is 0.0310. The predicted octanol–water partition coefficient (Wildman–Crippen LogP) is 2.16. The quantitative estimate of drug-likeness (QED) is 0.817. The van der Waals surface area contributed by atoms with E-state index in [1.54, 1.807) is 0 Å². The average molecular weight is 361 g/mol. The number of urea groups is 1. The van der Waals surface area contributed by atoms with Crippen LogP contribution < -0.4 is 10.6 Å². The molecule has 0 radical (unpaired) electrons. The number of rotatable bonds is 6. The Labute approximate surface area is 156 Å². The summed E-state index contributed by atoms with van der Waals surface area (Å²) in [6.07, 6.45) is 1.01. The van der Waals surface area contributed by atoms with Crippen LogP contribution in [0.3, 0.4) is 0 Å². The summed E-state index contributed by atoms with van der Waals surface area (Å²) in [6.45, 7) is 11.4. The zero-order valence-corrected chi connectivity index (χ0v) is 16.4. The van der Waals surface area contributed by atoms with Gasteiger partial charge >= 0.3 is 6.03 Å². The Morgan fingerprint density at radius 2 is 1.65 bits per heavy atom. The highest BCUT2D eigenvalue weighted by Crippen LogP contribution is 2.15. The molecule has 6 heteroatoms. The average Bonchev–Trinajstić information content (AvgIpc) is 2.67. The Morgan fingerprint density at radius 1 is 1.04 bits per heavy atom. The molecule has 3 amide bonds. The van der Waals surface area contributed by atoms with Crippen molar-refractivity contribution in [3.63, 3.8) is 0 Å². The lowest BCUT2D eigenvalue weighted by molar-refractivity contribution is -0.127. The molecular weight excluding hydrogens is 328 g/mol. The van der Waals surface area contributed by atoms with E-state index in [-0.39, 0.29) is 24.0 Å². The predicted molar refractivity (Wildman–Crippen MR) is 104 cm³/mol. The van der Waals surface area contributed by atoms with Crippen LogP contribution in [-0.4, -0.2) is 60.5 Å². The molecular formula is C20H32N4O2. The molecule has 1 aromatic carbocycles. The van der Waals surface area contributed by atoms with Gasteiger partial charge in [-0.2, -0.15) is 0 Å². The third-order valence-corrected chi connectivity index (χ3v) is 5.10. The summed E-state index contributed by atoms with van der Waals surface area (Å²) in [7, 11) is 0. The first-order valence-electron chi connectivity index (χ1n) is 9.62. The zero-order valence-electron chi connectivity index (χ0n) is 16.4. The summed E-state index contributed by atoms with van der Waals surface area (Å²) >= 11 is 0. The highest BCUT2D eigenvalue weighted by molar-refractivity contribution is 5.81. The molecule has 1 heterocycles. The SMILES string of the molecule is CCNC(=O)N1CCN(C(C)C(=O)NC(C)c2ccc(CC)cc2)CC1. The molecule has 2 rings (SSSR count). The Balaban J connectivity index is 1.84. The summed E-state index contributed by atoms with van der Waals surface area (Å²) < 4.78 is 0. The number of aryl methyl sites for hydroxylation is 1. The number of benzene rings is 1. The molecule has 2 atom stereocenters. The number of nitrogens with zero attached hydrogens (tertiary/aromatic N) is 2. The number of hydrogen-bond donors (Lipinski definition) is 2. The number of amides is 3. The van der Waals surface area contributed by atoms with Crippen molar-refractivity contribution in [1.29, 1.82) is 0 Å². The fourth-order valence-corrected chi connectivity index (χ4v) is 3.20. The molecule has 2 N–H and O–H groups in total. The molecule has 26 heavy (non-hydrogen) atoms. The van der Waals surface area contributed by atoms with Crippen LogP contribution in [0, 0.1) is 0 Å². The molecule has 1 aliphatic rings. The summed E-state index contributed by atoms with van der Waals surface area (Å²) in [5.41, 5.74) is 2.41. The monoisotopic (exact) mass is 360 g/mol. The van der Waals surface area contributed by atoms with E-state index in [1.165, 1.54) is 5.56 Å². The number of carbonyl (C=O) groups is 2. The Bertz CT molecular complexity index is 594. The molecule has 1 fully saturated rings. The molecule has 2 unspecified atom stereocenters. The molecule has 0 spiro atoms. The van der Waals surface area contributed by atoms with Crippen molar-refractivity contribution >= 4 is 11.9 Å². The first-order chi connectivity index (χ1) is 12.5. The minimum absolute atomic E-state index is 0.0200. The fraction of sp³-hybridized carbons (Fsp3) is 0.600.